The summed E-state index contributed by atoms with van der Waals surface area (Å²) in [6.45, 7) is 8.93. The van der Waals surface area contributed by atoms with Gasteiger partial charge in [-0.05, 0) is 25.2 Å². The molecule has 19 heavy (non-hydrogen) atoms. The van der Waals surface area contributed by atoms with Crippen molar-refractivity contribution in [3.63, 3.8) is 0 Å². The van der Waals surface area contributed by atoms with Crippen molar-refractivity contribution in [2.24, 2.45) is 5.92 Å². The van der Waals surface area contributed by atoms with Gasteiger partial charge in [0.2, 0.25) is 10.0 Å². The van der Waals surface area contributed by atoms with Crippen molar-refractivity contribution < 1.29 is 8.42 Å². The molecule has 1 saturated heterocycles. The summed E-state index contributed by atoms with van der Waals surface area (Å²) in [7, 11) is -2.99. The minimum atomic E-state index is -2.99. The third-order valence-electron chi connectivity index (χ3n) is 3.01. The number of nitrogens with zero attached hydrogens (tertiary/aromatic N) is 1. The molecular weight excluding hydrogens is 258 g/mol. The molecule has 0 radical (unpaired) electrons. The second-order valence-corrected chi connectivity index (χ2v) is 6.37. The van der Waals surface area contributed by atoms with E-state index in [0.29, 0.717) is 19.0 Å². The second kappa shape index (κ2) is 9.98. The minimum absolute atomic E-state index is 0.612. The molecule has 1 heterocycles. The quantitative estimate of drug-likeness (QED) is 0.726. The van der Waals surface area contributed by atoms with Crippen molar-refractivity contribution in [1.82, 2.24) is 4.31 Å². The van der Waals surface area contributed by atoms with Crippen molar-refractivity contribution in [2.45, 2.75) is 33.1 Å². The Bertz CT molecular complexity index is 388. The Morgan fingerprint density at radius 3 is 2.21 bits per heavy atom. The van der Waals surface area contributed by atoms with E-state index in [2.05, 4.69) is 12.7 Å². The molecule has 4 heteroatoms. The molecule has 0 N–H and O–H groups in total. The van der Waals surface area contributed by atoms with E-state index < -0.39 is 10.0 Å². The highest BCUT2D eigenvalue weighted by molar-refractivity contribution is 7.88. The predicted molar refractivity (Wildman–Crippen MR) is 83.6 cm³/mol. The van der Waals surface area contributed by atoms with Crippen molar-refractivity contribution in [1.29, 1.82) is 0 Å². The zero-order chi connectivity index (χ0) is 14.7. The van der Waals surface area contributed by atoms with E-state index in [1.165, 1.54) is 6.26 Å². The lowest BCUT2D eigenvalue weighted by Crippen LogP contribution is -2.37. The van der Waals surface area contributed by atoms with Crippen LogP contribution in [0.1, 0.15) is 33.1 Å². The predicted octanol–water partition coefficient (Wildman–Crippen LogP) is 3.37. The maximum atomic E-state index is 11.3. The van der Waals surface area contributed by atoms with E-state index in [4.69, 9.17) is 0 Å². The van der Waals surface area contributed by atoms with Crippen LogP contribution in [0.3, 0.4) is 0 Å². The van der Waals surface area contributed by atoms with Crippen molar-refractivity contribution in [2.75, 3.05) is 19.3 Å². The van der Waals surface area contributed by atoms with Gasteiger partial charge in [-0.25, -0.2) is 12.7 Å². The summed E-state index contributed by atoms with van der Waals surface area (Å²) < 4.78 is 24.2. The van der Waals surface area contributed by atoms with Gasteiger partial charge in [-0.2, -0.15) is 0 Å². The van der Waals surface area contributed by atoms with E-state index in [9.17, 15) is 8.42 Å². The molecular formula is C15H27NO2S. The fourth-order valence-electron chi connectivity index (χ4n) is 1.97. The van der Waals surface area contributed by atoms with Gasteiger partial charge in [0.15, 0.2) is 0 Å². The third kappa shape index (κ3) is 8.01. The van der Waals surface area contributed by atoms with Crippen LogP contribution in [-0.2, 0) is 10.0 Å². The van der Waals surface area contributed by atoms with Crippen LogP contribution in [0.25, 0.3) is 0 Å². The van der Waals surface area contributed by atoms with Crippen LogP contribution in [0.2, 0.25) is 0 Å². The molecule has 1 aliphatic rings. The Morgan fingerprint density at radius 2 is 1.74 bits per heavy atom. The summed E-state index contributed by atoms with van der Waals surface area (Å²) in [5.41, 5.74) is 0. The topological polar surface area (TPSA) is 37.4 Å². The van der Waals surface area contributed by atoms with E-state index >= 15 is 0 Å². The maximum absolute atomic E-state index is 11.3. The highest BCUT2D eigenvalue weighted by Crippen LogP contribution is 2.22. The third-order valence-corrected chi connectivity index (χ3v) is 4.31. The van der Waals surface area contributed by atoms with Gasteiger partial charge in [-0.1, -0.05) is 50.8 Å². The number of hydrogen-bond acceptors (Lipinski definition) is 2. The van der Waals surface area contributed by atoms with Crippen LogP contribution in [0, 0.1) is 5.92 Å². The van der Waals surface area contributed by atoms with Crippen LogP contribution in [0.5, 0.6) is 0 Å². The van der Waals surface area contributed by atoms with E-state index in [1.54, 1.807) is 10.4 Å². The minimum Gasteiger partial charge on any atom is -0.213 e. The maximum Gasteiger partial charge on any atom is 0.211 e. The molecule has 1 rings (SSSR count). The molecule has 0 amide bonds. The molecule has 3 nitrogen and oxygen atoms in total. The van der Waals surface area contributed by atoms with Gasteiger partial charge in [0, 0.05) is 13.1 Å². The first-order valence-corrected chi connectivity index (χ1v) is 8.78. The summed E-state index contributed by atoms with van der Waals surface area (Å²) in [5.74, 6) is 0.612. The average Bonchev–Trinajstić information content (AvgIpc) is 2.40. The molecule has 0 unspecified atom stereocenters. The zero-order valence-electron chi connectivity index (χ0n) is 12.4. The van der Waals surface area contributed by atoms with Crippen molar-refractivity contribution in [3.8, 4) is 0 Å². The Kier molecular flexibility index (Phi) is 9.53. The Balaban J connectivity index is 0.00000154. The molecule has 1 aliphatic heterocycles. The summed E-state index contributed by atoms with van der Waals surface area (Å²) in [5, 5.41) is 0. The summed E-state index contributed by atoms with van der Waals surface area (Å²) in [6.07, 6.45) is 14.0. The SMILES string of the molecule is C=C/C=C\C=C\CC1CCN(S(C)(=O)=O)CC1.CC. The fourth-order valence-corrected chi connectivity index (χ4v) is 2.84. The van der Waals surface area contributed by atoms with E-state index in [-0.39, 0.29) is 0 Å². The van der Waals surface area contributed by atoms with Gasteiger partial charge in [0.1, 0.15) is 0 Å². The number of rotatable bonds is 5. The second-order valence-electron chi connectivity index (χ2n) is 4.39. The van der Waals surface area contributed by atoms with E-state index in [0.717, 1.165) is 19.3 Å². The smallest absolute Gasteiger partial charge is 0.211 e. The molecule has 0 spiro atoms. The first-order valence-electron chi connectivity index (χ1n) is 6.93. The molecule has 0 bridgehead atoms. The number of hydrogen-bond donors (Lipinski definition) is 0. The zero-order valence-corrected chi connectivity index (χ0v) is 13.2. The highest BCUT2D eigenvalue weighted by atomic mass is 32.2. The van der Waals surface area contributed by atoms with Gasteiger partial charge in [-0.3, -0.25) is 0 Å². The van der Waals surface area contributed by atoms with Gasteiger partial charge in [-0.15, -0.1) is 0 Å². The molecule has 0 aromatic heterocycles. The summed E-state index contributed by atoms with van der Waals surface area (Å²) in [4.78, 5) is 0. The van der Waals surface area contributed by atoms with Crippen LogP contribution in [0.15, 0.2) is 37.0 Å². The van der Waals surface area contributed by atoms with Crippen LogP contribution in [0.4, 0.5) is 0 Å². The number of piperidine rings is 1. The fraction of sp³-hybridized carbons (Fsp3) is 0.600. The van der Waals surface area contributed by atoms with Gasteiger partial charge < -0.3 is 0 Å². The first kappa shape index (κ1) is 18.1. The number of allylic oxidation sites excluding steroid dienone is 5. The monoisotopic (exact) mass is 285 g/mol. The number of sulfonamides is 1. The van der Waals surface area contributed by atoms with Crippen LogP contribution >= 0.6 is 0 Å². The molecule has 0 atom stereocenters. The lowest BCUT2D eigenvalue weighted by molar-refractivity contribution is 0.276. The standard InChI is InChI=1S/C13H21NO2S.C2H6/c1-3-4-5-6-7-8-13-9-11-14(12-10-13)17(2,15)16;1-2/h3-7,13H,1,8-12H2,2H3;1-2H3/b5-4-,7-6+;. The summed E-state index contributed by atoms with van der Waals surface area (Å²) >= 11 is 0. The van der Waals surface area contributed by atoms with Gasteiger partial charge in [0.25, 0.3) is 0 Å². The lowest BCUT2D eigenvalue weighted by atomic mass is 9.94. The Morgan fingerprint density at radius 1 is 1.16 bits per heavy atom. The van der Waals surface area contributed by atoms with Crippen LogP contribution < -0.4 is 0 Å². The Labute approximate surface area is 118 Å². The molecule has 0 aromatic rings. The normalized spacial score (nSPS) is 18.5. The molecule has 0 saturated carbocycles. The lowest BCUT2D eigenvalue weighted by Gasteiger charge is -2.29. The van der Waals surface area contributed by atoms with E-state index in [1.807, 2.05) is 32.1 Å². The summed E-state index contributed by atoms with van der Waals surface area (Å²) in [6, 6.07) is 0. The first-order chi connectivity index (χ1) is 9.04. The van der Waals surface area contributed by atoms with Gasteiger partial charge in [0.05, 0.1) is 6.26 Å². The van der Waals surface area contributed by atoms with Gasteiger partial charge >= 0.3 is 0 Å². The molecule has 0 aromatic carbocycles. The van der Waals surface area contributed by atoms with Crippen molar-refractivity contribution in [3.05, 3.63) is 37.0 Å². The Hall–Kier alpha value is -0.870. The van der Waals surface area contributed by atoms with Crippen molar-refractivity contribution >= 4 is 10.0 Å². The molecule has 0 aliphatic carbocycles. The average molecular weight is 285 g/mol. The highest BCUT2D eigenvalue weighted by Gasteiger charge is 2.23. The van der Waals surface area contributed by atoms with Crippen LogP contribution in [-0.4, -0.2) is 32.1 Å². The largest absolute Gasteiger partial charge is 0.213 e. The molecule has 110 valence electrons. The molecule has 1 fully saturated rings.